The van der Waals surface area contributed by atoms with Crippen molar-refractivity contribution in [1.29, 1.82) is 0 Å². The zero-order chi connectivity index (χ0) is 20.7. The summed E-state index contributed by atoms with van der Waals surface area (Å²) in [4.78, 5) is 27.6. The van der Waals surface area contributed by atoms with Gasteiger partial charge in [0.05, 0.1) is 16.2 Å². The van der Waals surface area contributed by atoms with E-state index in [0.29, 0.717) is 24.5 Å². The maximum atomic E-state index is 11.6. The molecular formula is C21H14O5S4. The monoisotopic (exact) mass is 474 g/mol. The third-order valence-corrected chi connectivity index (χ3v) is 8.99. The molecule has 5 rings (SSSR count). The zero-order valence-electron chi connectivity index (χ0n) is 15.4. The van der Waals surface area contributed by atoms with E-state index in [-0.39, 0.29) is 6.42 Å². The van der Waals surface area contributed by atoms with Crippen LogP contribution in [0.4, 0.5) is 0 Å². The van der Waals surface area contributed by atoms with Gasteiger partial charge in [-0.15, -0.1) is 45.3 Å². The molecule has 0 spiro atoms. The molecule has 5 nitrogen and oxygen atoms in total. The Morgan fingerprint density at radius 3 is 2.60 bits per heavy atom. The van der Waals surface area contributed by atoms with Crippen molar-refractivity contribution in [3.63, 3.8) is 0 Å². The fraction of sp³-hybridized carbons (Fsp3) is 0.143. The first-order valence-electron chi connectivity index (χ1n) is 8.98. The summed E-state index contributed by atoms with van der Waals surface area (Å²) in [7, 11) is 0. The predicted molar refractivity (Wildman–Crippen MR) is 122 cm³/mol. The minimum absolute atomic E-state index is 0.0662. The fourth-order valence-corrected chi connectivity index (χ4v) is 7.58. The number of thiophene rings is 4. The van der Waals surface area contributed by atoms with Gasteiger partial charge in [0.1, 0.15) is 13.2 Å². The maximum Gasteiger partial charge on any atom is 0.307 e. The number of ether oxygens (including phenoxy) is 2. The molecule has 4 aromatic rings. The van der Waals surface area contributed by atoms with Crippen LogP contribution in [0.15, 0.2) is 34.3 Å². The first-order chi connectivity index (χ1) is 14.6. The number of hydrogen-bond acceptors (Lipinski definition) is 8. The Morgan fingerprint density at radius 1 is 1.00 bits per heavy atom. The van der Waals surface area contributed by atoms with Crippen molar-refractivity contribution in [2.24, 2.45) is 0 Å². The van der Waals surface area contributed by atoms with Gasteiger partial charge >= 0.3 is 5.97 Å². The van der Waals surface area contributed by atoms with Gasteiger partial charge in [-0.05, 0) is 23.8 Å². The average molecular weight is 475 g/mol. The van der Waals surface area contributed by atoms with Crippen molar-refractivity contribution in [1.82, 2.24) is 0 Å². The molecule has 9 heteroatoms. The molecule has 0 atom stereocenters. The Balaban J connectivity index is 1.57. The minimum Gasteiger partial charge on any atom is -0.485 e. The highest BCUT2D eigenvalue weighted by Gasteiger charge is 2.26. The molecule has 0 saturated carbocycles. The largest absolute Gasteiger partial charge is 0.485 e. The first kappa shape index (κ1) is 19.5. The molecule has 0 saturated heterocycles. The molecule has 0 bridgehead atoms. The molecule has 1 N–H and O–H groups in total. The van der Waals surface area contributed by atoms with E-state index < -0.39 is 5.97 Å². The van der Waals surface area contributed by atoms with Gasteiger partial charge in [0, 0.05) is 41.9 Å². The summed E-state index contributed by atoms with van der Waals surface area (Å²) in [6, 6.07) is 5.91. The normalized spacial score (nSPS) is 12.8. The lowest BCUT2D eigenvalue weighted by atomic mass is 10.1. The molecule has 0 aliphatic carbocycles. The van der Waals surface area contributed by atoms with Gasteiger partial charge in [-0.1, -0.05) is 0 Å². The minimum atomic E-state index is -0.871. The van der Waals surface area contributed by atoms with Crippen LogP contribution in [0.25, 0.3) is 29.9 Å². The molecule has 1 aliphatic heterocycles. The summed E-state index contributed by atoms with van der Waals surface area (Å²) in [5, 5.41) is 15.3. The smallest absolute Gasteiger partial charge is 0.307 e. The number of carbonyl (C=O) groups is 2. The number of carbonyl (C=O) groups excluding carboxylic acids is 1. The Hall–Kier alpha value is -2.46. The fourth-order valence-electron chi connectivity index (χ4n) is 3.28. The van der Waals surface area contributed by atoms with Gasteiger partial charge in [-0.2, -0.15) is 0 Å². The summed E-state index contributed by atoms with van der Waals surface area (Å²) < 4.78 is 11.5. The van der Waals surface area contributed by atoms with Gasteiger partial charge in [-0.25, -0.2) is 0 Å². The summed E-state index contributed by atoms with van der Waals surface area (Å²) in [5.74, 6) is 0.557. The molecule has 0 fully saturated rings. The molecule has 0 radical (unpaired) electrons. The van der Waals surface area contributed by atoms with Crippen LogP contribution < -0.4 is 9.47 Å². The van der Waals surface area contributed by atoms with Crippen LogP contribution in [-0.2, 0) is 11.2 Å². The van der Waals surface area contributed by atoms with Gasteiger partial charge in [0.2, 0.25) is 0 Å². The first-order valence-corrected chi connectivity index (χ1v) is 12.4. The highest BCUT2D eigenvalue weighted by atomic mass is 32.1. The summed E-state index contributed by atoms with van der Waals surface area (Å²) >= 11 is 6.17. The van der Waals surface area contributed by atoms with Gasteiger partial charge in [-0.3, -0.25) is 9.59 Å². The van der Waals surface area contributed by atoms with Crippen molar-refractivity contribution in [2.75, 3.05) is 13.2 Å². The van der Waals surface area contributed by atoms with E-state index in [1.807, 2.05) is 34.3 Å². The second kappa shape index (κ2) is 7.99. The van der Waals surface area contributed by atoms with Crippen LogP contribution in [0, 0.1) is 0 Å². The number of hydrogen-bond donors (Lipinski definition) is 1. The molecule has 5 heterocycles. The number of aliphatic carboxylic acids is 1. The number of carboxylic acid groups (broad SMARTS) is 1. The van der Waals surface area contributed by atoms with Gasteiger partial charge < -0.3 is 14.6 Å². The van der Waals surface area contributed by atoms with Crippen molar-refractivity contribution >= 4 is 57.6 Å². The molecule has 4 aromatic heterocycles. The van der Waals surface area contributed by atoms with E-state index in [0.717, 1.165) is 47.5 Å². The zero-order valence-corrected chi connectivity index (χ0v) is 18.6. The lowest BCUT2D eigenvalue weighted by Gasteiger charge is -2.16. The number of fused-ring (bicyclic) bond motifs is 1. The quantitative estimate of drug-likeness (QED) is 0.340. The highest BCUT2D eigenvalue weighted by Crippen LogP contribution is 2.51. The standard InChI is InChI=1S/C21H14O5S4/c22-7-11-5-17(27-8-11)16-2-1-15(30-16)13-9-28-20(12(13)6-18(23)24)21-19-14(10-29-21)25-3-4-26-19/h1-2,5,7-10H,3-4,6H2,(H,23,24). The Kier molecular flexibility index (Phi) is 5.20. The third-order valence-electron chi connectivity index (χ3n) is 4.60. The van der Waals surface area contributed by atoms with E-state index in [9.17, 15) is 14.7 Å². The lowest BCUT2D eigenvalue weighted by molar-refractivity contribution is -0.136. The molecule has 0 amide bonds. The number of carboxylic acids is 1. The maximum absolute atomic E-state index is 11.6. The van der Waals surface area contributed by atoms with Crippen LogP contribution in [0.1, 0.15) is 15.9 Å². The Labute approximate surface area is 187 Å². The SMILES string of the molecule is O=Cc1csc(-c2ccc(-c3csc(-c4scc5c4OCCO5)c3CC(=O)O)s2)c1. The average Bonchev–Trinajstić information content (AvgIpc) is 3.52. The number of aldehydes is 1. The van der Waals surface area contributed by atoms with E-state index >= 15 is 0 Å². The lowest BCUT2D eigenvalue weighted by Crippen LogP contribution is -2.14. The van der Waals surface area contributed by atoms with Gasteiger partial charge in [0.25, 0.3) is 0 Å². The van der Waals surface area contributed by atoms with Crippen LogP contribution in [0.5, 0.6) is 11.5 Å². The van der Waals surface area contributed by atoms with Crippen LogP contribution in [0.2, 0.25) is 0 Å². The van der Waals surface area contributed by atoms with Crippen molar-refractivity contribution in [3.8, 4) is 41.4 Å². The second-order valence-electron chi connectivity index (χ2n) is 6.51. The molecular weight excluding hydrogens is 460 g/mol. The molecule has 30 heavy (non-hydrogen) atoms. The van der Waals surface area contributed by atoms with E-state index in [1.54, 1.807) is 11.3 Å². The molecule has 0 unspecified atom stereocenters. The molecule has 1 aliphatic rings. The third kappa shape index (κ3) is 3.47. The predicted octanol–water partition coefficient (Wildman–Crippen LogP) is 6.14. The van der Waals surface area contributed by atoms with Crippen molar-refractivity contribution in [2.45, 2.75) is 6.42 Å². The summed E-state index contributed by atoms with van der Waals surface area (Å²) in [5.41, 5.74) is 2.39. The molecule has 152 valence electrons. The van der Waals surface area contributed by atoms with Crippen molar-refractivity contribution < 1.29 is 24.2 Å². The van der Waals surface area contributed by atoms with E-state index in [4.69, 9.17) is 9.47 Å². The second-order valence-corrected chi connectivity index (χ2v) is 10.3. The van der Waals surface area contributed by atoms with Crippen molar-refractivity contribution in [3.05, 3.63) is 45.5 Å². The van der Waals surface area contributed by atoms with Crippen LogP contribution in [0.3, 0.4) is 0 Å². The van der Waals surface area contributed by atoms with E-state index in [2.05, 4.69) is 0 Å². The van der Waals surface area contributed by atoms with E-state index in [1.165, 1.54) is 34.0 Å². The Morgan fingerprint density at radius 2 is 1.80 bits per heavy atom. The Bertz CT molecular complexity index is 1240. The van der Waals surface area contributed by atoms with Crippen LogP contribution >= 0.6 is 45.3 Å². The topological polar surface area (TPSA) is 72.8 Å². The van der Waals surface area contributed by atoms with Gasteiger partial charge in [0.15, 0.2) is 17.8 Å². The van der Waals surface area contributed by atoms with Crippen LogP contribution in [-0.4, -0.2) is 30.6 Å². The summed E-state index contributed by atoms with van der Waals surface area (Å²) in [6.07, 6.45) is 0.779. The number of rotatable bonds is 6. The highest BCUT2D eigenvalue weighted by molar-refractivity contribution is 7.24. The molecule has 0 aromatic carbocycles. The summed E-state index contributed by atoms with van der Waals surface area (Å²) in [6.45, 7) is 1.01.